The minimum absolute atomic E-state index is 0.582. The maximum absolute atomic E-state index is 4.18. The number of hydrogen-bond donors (Lipinski definition) is 0. The summed E-state index contributed by atoms with van der Waals surface area (Å²) in [4.78, 5) is 0. The standard InChI is InChI=1S/C10H16BrN3/c1-8-3-2-4-10(5-8)14-7-9(6-11)12-13-14/h7-8,10H,2-6H2,1H3. The summed E-state index contributed by atoms with van der Waals surface area (Å²) in [5.74, 6) is 0.838. The van der Waals surface area contributed by atoms with Crippen LogP contribution in [0.1, 0.15) is 44.3 Å². The molecular formula is C10H16BrN3. The first kappa shape index (κ1) is 10.1. The average molecular weight is 258 g/mol. The van der Waals surface area contributed by atoms with E-state index in [-0.39, 0.29) is 0 Å². The van der Waals surface area contributed by atoms with Crippen LogP contribution in [0.25, 0.3) is 0 Å². The molecule has 1 saturated carbocycles. The van der Waals surface area contributed by atoms with Crippen molar-refractivity contribution in [3.8, 4) is 0 Å². The third-order valence-corrected chi connectivity index (χ3v) is 3.55. The quantitative estimate of drug-likeness (QED) is 0.763. The molecule has 14 heavy (non-hydrogen) atoms. The van der Waals surface area contributed by atoms with Gasteiger partial charge in [-0.15, -0.1) is 5.10 Å². The van der Waals surface area contributed by atoms with Crippen LogP contribution >= 0.6 is 15.9 Å². The van der Waals surface area contributed by atoms with E-state index in [2.05, 4.69) is 39.4 Å². The van der Waals surface area contributed by atoms with E-state index in [4.69, 9.17) is 0 Å². The first-order chi connectivity index (χ1) is 6.79. The highest BCUT2D eigenvalue weighted by Crippen LogP contribution is 2.31. The van der Waals surface area contributed by atoms with Gasteiger partial charge in [-0.1, -0.05) is 40.9 Å². The normalized spacial score (nSPS) is 27.9. The first-order valence-corrected chi connectivity index (χ1v) is 6.38. The summed E-state index contributed by atoms with van der Waals surface area (Å²) in [5.41, 5.74) is 1.03. The third-order valence-electron chi connectivity index (χ3n) is 2.98. The molecule has 2 unspecified atom stereocenters. The van der Waals surface area contributed by atoms with Crippen LogP contribution in [0.2, 0.25) is 0 Å². The van der Waals surface area contributed by atoms with Crippen molar-refractivity contribution < 1.29 is 0 Å². The van der Waals surface area contributed by atoms with E-state index < -0.39 is 0 Å². The summed E-state index contributed by atoms with van der Waals surface area (Å²) in [6.07, 6.45) is 7.28. The topological polar surface area (TPSA) is 30.7 Å². The molecule has 0 bridgehead atoms. The molecule has 0 N–H and O–H groups in total. The Kier molecular flexibility index (Phi) is 3.21. The Morgan fingerprint density at radius 3 is 3.07 bits per heavy atom. The Labute approximate surface area is 93.0 Å². The summed E-state index contributed by atoms with van der Waals surface area (Å²) in [7, 11) is 0. The molecular weight excluding hydrogens is 242 g/mol. The van der Waals surface area contributed by atoms with Gasteiger partial charge in [0.05, 0.1) is 11.7 Å². The number of alkyl halides is 1. The van der Waals surface area contributed by atoms with Crippen LogP contribution < -0.4 is 0 Å². The molecule has 1 aliphatic carbocycles. The second-order valence-electron chi connectivity index (χ2n) is 4.25. The fraction of sp³-hybridized carbons (Fsp3) is 0.800. The zero-order chi connectivity index (χ0) is 9.97. The van der Waals surface area contributed by atoms with Gasteiger partial charge in [-0.05, 0) is 18.8 Å². The van der Waals surface area contributed by atoms with Gasteiger partial charge >= 0.3 is 0 Å². The Hall–Kier alpha value is -0.380. The molecule has 4 heteroatoms. The van der Waals surface area contributed by atoms with Gasteiger partial charge < -0.3 is 0 Å². The molecule has 1 fully saturated rings. The van der Waals surface area contributed by atoms with Crippen molar-refractivity contribution in [2.24, 2.45) is 5.92 Å². The van der Waals surface area contributed by atoms with E-state index >= 15 is 0 Å². The second kappa shape index (κ2) is 4.43. The van der Waals surface area contributed by atoms with E-state index in [1.54, 1.807) is 0 Å². The van der Waals surface area contributed by atoms with Crippen molar-refractivity contribution in [2.45, 2.75) is 44.0 Å². The maximum Gasteiger partial charge on any atom is 0.0932 e. The van der Waals surface area contributed by atoms with Crippen LogP contribution in [0.3, 0.4) is 0 Å². The molecule has 0 radical (unpaired) electrons. The Balaban J connectivity index is 2.06. The number of halogens is 1. The molecule has 0 aliphatic heterocycles. The van der Waals surface area contributed by atoms with Crippen LogP contribution in [0.5, 0.6) is 0 Å². The van der Waals surface area contributed by atoms with Gasteiger partial charge in [-0.2, -0.15) is 0 Å². The summed E-state index contributed by atoms with van der Waals surface area (Å²) in [6, 6.07) is 0.582. The van der Waals surface area contributed by atoms with Crippen molar-refractivity contribution in [1.82, 2.24) is 15.0 Å². The SMILES string of the molecule is CC1CCCC(n2cc(CBr)nn2)C1. The van der Waals surface area contributed by atoms with Crippen LogP contribution in [-0.2, 0) is 5.33 Å². The zero-order valence-electron chi connectivity index (χ0n) is 8.49. The van der Waals surface area contributed by atoms with Gasteiger partial charge in [-0.25, -0.2) is 4.68 Å². The highest BCUT2D eigenvalue weighted by molar-refractivity contribution is 9.08. The molecule has 1 heterocycles. The Bertz CT molecular complexity index is 297. The van der Waals surface area contributed by atoms with E-state index in [0.717, 1.165) is 16.9 Å². The van der Waals surface area contributed by atoms with Gasteiger partial charge in [0.25, 0.3) is 0 Å². The number of aromatic nitrogens is 3. The van der Waals surface area contributed by atoms with E-state index in [9.17, 15) is 0 Å². The molecule has 0 spiro atoms. The fourth-order valence-corrected chi connectivity index (χ4v) is 2.45. The molecule has 0 amide bonds. The van der Waals surface area contributed by atoms with Crippen LogP contribution in [-0.4, -0.2) is 15.0 Å². The van der Waals surface area contributed by atoms with Crippen LogP contribution in [0.4, 0.5) is 0 Å². The van der Waals surface area contributed by atoms with Gasteiger partial charge in [0.15, 0.2) is 0 Å². The lowest BCUT2D eigenvalue weighted by atomic mass is 9.87. The van der Waals surface area contributed by atoms with Crippen molar-refractivity contribution in [3.63, 3.8) is 0 Å². The zero-order valence-corrected chi connectivity index (χ0v) is 10.1. The number of nitrogens with zero attached hydrogens (tertiary/aromatic N) is 3. The largest absolute Gasteiger partial charge is 0.249 e. The van der Waals surface area contributed by atoms with Gasteiger partial charge in [0.2, 0.25) is 0 Å². The first-order valence-electron chi connectivity index (χ1n) is 5.26. The van der Waals surface area contributed by atoms with Crippen molar-refractivity contribution in [1.29, 1.82) is 0 Å². The molecule has 1 aliphatic rings. The van der Waals surface area contributed by atoms with Crippen molar-refractivity contribution >= 4 is 15.9 Å². The molecule has 1 aromatic rings. The predicted molar refractivity (Wildman–Crippen MR) is 59.3 cm³/mol. The molecule has 2 atom stereocenters. The predicted octanol–water partition coefficient (Wildman–Crippen LogP) is 2.92. The molecule has 78 valence electrons. The summed E-state index contributed by atoms with van der Waals surface area (Å²) >= 11 is 3.39. The summed E-state index contributed by atoms with van der Waals surface area (Å²) < 4.78 is 2.05. The van der Waals surface area contributed by atoms with Crippen LogP contribution in [0.15, 0.2) is 6.20 Å². The molecule has 3 nitrogen and oxygen atoms in total. The Morgan fingerprint density at radius 1 is 1.57 bits per heavy atom. The lowest BCUT2D eigenvalue weighted by Gasteiger charge is -2.26. The lowest BCUT2D eigenvalue weighted by molar-refractivity contribution is 0.263. The molecule has 0 aromatic carbocycles. The minimum atomic E-state index is 0.582. The molecule has 1 aromatic heterocycles. The molecule has 0 saturated heterocycles. The highest BCUT2D eigenvalue weighted by atomic mass is 79.9. The van der Waals surface area contributed by atoms with Gasteiger partial charge in [0, 0.05) is 11.5 Å². The monoisotopic (exact) mass is 257 g/mol. The fourth-order valence-electron chi connectivity index (χ4n) is 2.20. The average Bonchev–Trinajstić information content (AvgIpc) is 2.66. The lowest BCUT2D eigenvalue weighted by Crippen LogP contribution is -2.18. The Morgan fingerprint density at radius 2 is 2.43 bits per heavy atom. The number of hydrogen-bond acceptors (Lipinski definition) is 2. The minimum Gasteiger partial charge on any atom is -0.249 e. The van der Waals surface area contributed by atoms with Crippen molar-refractivity contribution in [2.75, 3.05) is 0 Å². The van der Waals surface area contributed by atoms with Gasteiger partial charge in [-0.3, -0.25) is 0 Å². The van der Waals surface area contributed by atoms with Crippen LogP contribution in [0, 0.1) is 5.92 Å². The van der Waals surface area contributed by atoms with E-state index in [1.807, 2.05) is 4.68 Å². The van der Waals surface area contributed by atoms with Crippen molar-refractivity contribution in [3.05, 3.63) is 11.9 Å². The smallest absolute Gasteiger partial charge is 0.0932 e. The maximum atomic E-state index is 4.18. The number of rotatable bonds is 2. The van der Waals surface area contributed by atoms with E-state index in [1.165, 1.54) is 25.7 Å². The van der Waals surface area contributed by atoms with Gasteiger partial charge in [0.1, 0.15) is 0 Å². The summed E-state index contributed by atoms with van der Waals surface area (Å²) in [6.45, 7) is 2.33. The van der Waals surface area contributed by atoms with E-state index in [0.29, 0.717) is 6.04 Å². The highest BCUT2D eigenvalue weighted by Gasteiger charge is 2.21. The summed E-state index contributed by atoms with van der Waals surface area (Å²) in [5, 5.41) is 9.08. The third kappa shape index (κ3) is 2.16. The molecule has 2 rings (SSSR count). The second-order valence-corrected chi connectivity index (χ2v) is 4.81.